The van der Waals surface area contributed by atoms with Crippen molar-refractivity contribution in [2.24, 2.45) is 0 Å². The summed E-state index contributed by atoms with van der Waals surface area (Å²) in [5.74, 6) is 0.285. The first-order chi connectivity index (χ1) is 9.66. The summed E-state index contributed by atoms with van der Waals surface area (Å²) in [5, 5.41) is 7.07. The van der Waals surface area contributed by atoms with Crippen molar-refractivity contribution >= 4 is 5.91 Å². The number of hydrogen-bond acceptors (Lipinski definition) is 3. The van der Waals surface area contributed by atoms with Gasteiger partial charge in [0.2, 0.25) is 5.91 Å². The normalized spacial score (nSPS) is 27.1. The van der Waals surface area contributed by atoms with E-state index in [4.69, 9.17) is 0 Å². The van der Waals surface area contributed by atoms with Gasteiger partial charge in [-0.25, -0.2) is 0 Å². The van der Waals surface area contributed by atoms with Crippen LogP contribution in [0.5, 0.6) is 0 Å². The van der Waals surface area contributed by atoms with Gasteiger partial charge in [-0.05, 0) is 58.9 Å². The molecule has 2 N–H and O–H groups in total. The molecule has 0 spiro atoms. The van der Waals surface area contributed by atoms with Crippen LogP contribution in [-0.4, -0.2) is 48.6 Å². The quantitative estimate of drug-likeness (QED) is 0.809. The van der Waals surface area contributed by atoms with Gasteiger partial charge in [0, 0.05) is 25.2 Å². The van der Waals surface area contributed by atoms with E-state index in [1.807, 2.05) is 11.8 Å². The summed E-state index contributed by atoms with van der Waals surface area (Å²) in [6.07, 6.45) is 8.66. The molecule has 2 fully saturated rings. The van der Waals surface area contributed by atoms with E-state index in [1.165, 1.54) is 38.5 Å². The maximum absolute atomic E-state index is 12.4. The average molecular weight is 281 g/mol. The summed E-state index contributed by atoms with van der Waals surface area (Å²) in [6.45, 7) is 7.27. The third-order valence-corrected chi connectivity index (χ3v) is 4.62. The number of carbonyl (C=O) groups is 1. The maximum Gasteiger partial charge on any atom is 0.239 e. The fourth-order valence-electron chi connectivity index (χ4n) is 3.51. The monoisotopic (exact) mass is 281 g/mol. The van der Waals surface area contributed by atoms with Crippen LogP contribution in [0.25, 0.3) is 0 Å². The summed E-state index contributed by atoms with van der Waals surface area (Å²) in [5.41, 5.74) is 0. The molecule has 0 radical (unpaired) electrons. The summed E-state index contributed by atoms with van der Waals surface area (Å²) < 4.78 is 0. The number of amides is 1. The molecular weight excluding hydrogens is 250 g/mol. The number of nitrogens with one attached hydrogen (secondary N) is 2. The maximum atomic E-state index is 12.4. The highest BCUT2D eigenvalue weighted by Crippen LogP contribution is 2.13. The van der Waals surface area contributed by atoms with Gasteiger partial charge in [0.25, 0.3) is 0 Å². The minimum atomic E-state index is -0.0494. The Morgan fingerprint density at radius 2 is 1.95 bits per heavy atom. The second-order valence-electron chi connectivity index (χ2n) is 6.56. The Morgan fingerprint density at radius 1 is 1.20 bits per heavy atom. The highest BCUT2D eigenvalue weighted by Gasteiger charge is 2.24. The van der Waals surface area contributed by atoms with E-state index in [-0.39, 0.29) is 11.9 Å². The summed E-state index contributed by atoms with van der Waals surface area (Å²) in [6, 6.07) is 0.976. The van der Waals surface area contributed by atoms with Gasteiger partial charge < -0.3 is 15.5 Å². The first kappa shape index (κ1) is 15.8. The first-order valence-electron chi connectivity index (χ1n) is 8.45. The molecule has 4 heteroatoms. The molecule has 0 aliphatic carbocycles. The lowest BCUT2D eigenvalue weighted by molar-refractivity contribution is -0.134. The number of carbonyl (C=O) groups excluding carboxylic acids is 1. The third kappa shape index (κ3) is 4.74. The van der Waals surface area contributed by atoms with E-state index in [2.05, 4.69) is 17.6 Å². The second-order valence-corrected chi connectivity index (χ2v) is 6.56. The largest absolute Gasteiger partial charge is 0.341 e. The van der Waals surface area contributed by atoms with Gasteiger partial charge in [0.15, 0.2) is 0 Å². The fourth-order valence-corrected chi connectivity index (χ4v) is 3.51. The van der Waals surface area contributed by atoms with E-state index in [9.17, 15) is 4.79 Å². The van der Waals surface area contributed by atoms with Crippen LogP contribution >= 0.6 is 0 Å². The van der Waals surface area contributed by atoms with Crippen LogP contribution < -0.4 is 10.6 Å². The zero-order chi connectivity index (χ0) is 14.4. The van der Waals surface area contributed by atoms with E-state index >= 15 is 0 Å². The van der Waals surface area contributed by atoms with Crippen molar-refractivity contribution in [1.82, 2.24) is 15.5 Å². The van der Waals surface area contributed by atoms with Crippen molar-refractivity contribution in [3.05, 3.63) is 0 Å². The molecule has 0 aromatic carbocycles. The lowest BCUT2D eigenvalue weighted by atomic mass is 9.98. The van der Waals surface area contributed by atoms with Crippen molar-refractivity contribution in [1.29, 1.82) is 0 Å². The van der Waals surface area contributed by atoms with Crippen molar-refractivity contribution in [3.8, 4) is 0 Å². The summed E-state index contributed by atoms with van der Waals surface area (Å²) >= 11 is 0. The number of nitrogens with zero attached hydrogens (tertiary/aromatic N) is 1. The van der Waals surface area contributed by atoms with Gasteiger partial charge >= 0.3 is 0 Å². The van der Waals surface area contributed by atoms with Gasteiger partial charge in [-0.15, -0.1) is 0 Å². The molecule has 4 nitrogen and oxygen atoms in total. The van der Waals surface area contributed by atoms with Crippen LogP contribution in [0.15, 0.2) is 0 Å². The van der Waals surface area contributed by atoms with E-state index in [0.717, 1.165) is 26.1 Å². The Labute approximate surface area is 123 Å². The fraction of sp³-hybridized carbons (Fsp3) is 0.938. The molecule has 0 aromatic heterocycles. The lowest BCUT2D eigenvalue weighted by Gasteiger charge is -2.32. The molecule has 1 amide bonds. The molecule has 0 saturated carbocycles. The Balaban J connectivity index is 1.71. The average Bonchev–Trinajstić information content (AvgIpc) is 2.48. The highest BCUT2D eigenvalue weighted by molar-refractivity contribution is 5.81. The molecular formula is C16H31N3O. The molecule has 116 valence electrons. The third-order valence-electron chi connectivity index (χ3n) is 4.62. The number of hydrogen-bond donors (Lipinski definition) is 2. The second kappa shape index (κ2) is 7.99. The van der Waals surface area contributed by atoms with E-state index < -0.39 is 0 Å². The van der Waals surface area contributed by atoms with Gasteiger partial charge in [0.05, 0.1) is 6.04 Å². The van der Waals surface area contributed by atoms with Crippen LogP contribution in [0, 0.1) is 0 Å². The molecule has 3 atom stereocenters. The Kier molecular flexibility index (Phi) is 6.30. The zero-order valence-corrected chi connectivity index (χ0v) is 13.2. The van der Waals surface area contributed by atoms with Crippen LogP contribution in [0.1, 0.15) is 58.8 Å². The predicted octanol–water partition coefficient (Wildman–Crippen LogP) is 1.90. The highest BCUT2D eigenvalue weighted by atomic mass is 16.2. The summed E-state index contributed by atoms with van der Waals surface area (Å²) in [4.78, 5) is 14.4. The Morgan fingerprint density at radius 3 is 2.60 bits per heavy atom. The van der Waals surface area contributed by atoms with Crippen molar-refractivity contribution in [2.45, 2.75) is 76.9 Å². The minimum absolute atomic E-state index is 0.0494. The minimum Gasteiger partial charge on any atom is -0.341 e. The predicted molar refractivity (Wildman–Crippen MR) is 82.7 cm³/mol. The molecule has 2 aliphatic rings. The molecule has 2 aliphatic heterocycles. The molecule has 2 saturated heterocycles. The molecule has 0 bridgehead atoms. The number of piperidine rings is 2. The Hall–Kier alpha value is -0.610. The van der Waals surface area contributed by atoms with Crippen LogP contribution in [0.4, 0.5) is 0 Å². The van der Waals surface area contributed by atoms with Gasteiger partial charge in [-0.1, -0.05) is 6.42 Å². The lowest BCUT2D eigenvalue weighted by Crippen LogP contribution is -2.50. The smallest absolute Gasteiger partial charge is 0.239 e. The van der Waals surface area contributed by atoms with Crippen LogP contribution in [0.3, 0.4) is 0 Å². The first-order valence-corrected chi connectivity index (χ1v) is 8.45. The van der Waals surface area contributed by atoms with E-state index in [1.54, 1.807) is 0 Å². The Bertz CT molecular complexity index is 296. The topological polar surface area (TPSA) is 44.4 Å². The number of likely N-dealkylation sites (tertiary alicyclic amines) is 1. The van der Waals surface area contributed by atoms with Crippen LogP contribution in [-0.2, 0) is 4.79 Å². The van der Waals surface area contributed by atoms with Crippen molar-refractivity contribution in [2.75, 3.05) is 19.6 Å². The van der Waals surface area contributed by atoms with E-state index in [0.29, 0.717) is 12.1 Å². The zero-order valence-electron chi connectivity index (χ0n) is 13.2. The molecule has 3 unspecified atom stereocenters. The summed E-state index contributed by atoms with van der Waals surface area (Å²) in [7, 11) is 0. The van der Waals surface area contributed by atoms with Gasteiger partial charge in [-0.3, -0.25) is 4.79 Å². The SMILES string of the molecule is CC(CC1CCCCN1)NC(C)C(=O)N1CCCCC1. The van der Waals surface area contributed by atoms with Crippen molar-refractivity contribution in [3.63, 3.8) is 0 Å². The molecule has 2 rings (SSSR count). The molecule has 0 aromatic rings. The van der Waals surface area contributed by atoms with Crippen molar-refractivity contribution < 1.29 is 4.79 Å². The van der Waals surface area contributed by atoms with Crippen LogP contribution in [0.2, 0.25) is 0 Å². The molecule has 2 heterocycles. The van der Waals surface area contributed by atoms with Gasteiger partial charge in [-0.2, -0.15) is 0 Å². The number of rotatable bonds is 5. The standard InChI is InChI=1S/C16H31N3O/c1-13(12-15-8-4-5-9-17-15)18-14(2)16(20)19-10-6-3-7-11-19/h13-15,17-18H,3-12H2,1-2H3. The van der Waals surface area contributed by atoms with Gasteiger partial charge in [0.1, 0.15) is 0 Å². The molecule has 20 heavy (non-hydrogen) atoms.